The molecule has 5 nitrogen and oxygen atoms in total. The number of nitrogens with zero attached hydrogens (tertiary/aromatic N) is 2. The molecule has 4 aliphatic carbocycles. The number of fused-ring (bicyclic) bond motifs is 6. The van der Waals surface area contributed by atoms with Crippen molar-refractivity contribution in [1.29, 1.82) is 0 Å². The highest BCUT2D eigenvalue weighted by Gasteiger charge is 2.63. The Morgan fingerprint density at radius 3 is 2.65 bits per heavy atom. The normalized spacial score (nSPS) is 41.8. The smallest absolute Gasteiger partial charge is 0.156 e. The van der Waals surface area contributed by atoms with Crippen molar-refractivity contribution in [3.8, 4) is 0 Å². The van der Waals surface area contributed by atoms with E-state index in [1.54, 1.807) is 20.2 Å². The molecule has 1 aromatic heterocycles. The number of aromatic nitrogens is 2. The molecule has 37 heavy (non-hydrogen) atoms. The van der Waals surface area contributed by atoms with E-state index in [1.807, 2.05) is 29.7 Å². The number of hydrogen-bond donors (Lipinski definition) is 2. The summed E-state index contributed by atoms with van der Waals surface area (Å²) in [5.41, 5.74) is -0.402. The molecule has 0 radical (unpaired) electrons. The quantitative estimate of drug-likeness (QED) is 0.533. The first kappa shape index (κ1) is 25.5. The summed E-state index contributed by atoms with van der Waals surface area (Å²) >= 11 is 0. The molecule has 0 bridgehead atoms. The molecule has 0 saturated heterocycles. The molecular weight excluding hydrogens is 467 g/mol. The first-order chi connectivity index (χ1) is 17.3. The molecule has 4 saturated carbocycles. The van der Waals surface area contributed by atoms with E-state index < -0.39 is 16.9 Å². The van der Waals surface area contributed by atoms with Crippen molar-refractivity contribution >= 4 is 16.8 Å². The first-order valence-electron chi connectivity index (χ1n) is 14.4. The Morgan fingerprint density at radius 2 is 1.89 bits per heavy atom. The van der Waals surface area contributed by atoms with Gasteiger partial charge >= 0.3 is 0 Å². The number of alkyl halides is 1. The topological polar surface area (TPSA) is 75.4 Å². The maximum Gasteiger partial charge on any atom is 0.156 e. The van der Waals surface area contributed by atoms with E-state index in [0.29, 0.717) is 31.1 Å². The highest BCUT2D eigenvalue weighted by molar-refractivity contribution is 5.84. The molecular formula is C31H43FN2O3. The lowest BCUT2D eigenvalue weighted by Gasteiger charge is -2.59. The second-order valence-electron chi connectivity index (χ2n) is 14.1. The fourth-order valence-corrected chi connectivity index (χ4v) is 9.35. The van der Waals surface area contributed by atoms with E-state index in [4.69, 9.17) is 0 Å². The van der Waals surface area contributed by atoms with Crippen molar-refractivity contribution in [3.63, 3.8) is 0 Å². The van der Waals surface area contributed by atoms with Crippen molar-refractivity contribution in [2.75, 3.05) is 0 Å². The van der Waals surface area contributed by atoms with Crippen LogP contribution in [0, 0.1) is 35.0 Å². The van der Waals surface area contributed by atoms with Crippen LogP contribution in [0.5, 0.6) is 0 Å². The summed E-state index contributed by atoms with van der Waals surface area (Å²) in [6.07, 6.45) is 8.95. The number of Topliss-reactive ketones (excluding diaryl/α,β-unsaturated/α-hetero) is 1. The van der Waals surface area contributed by atoms with E-state index in [0.717, 1.165) is 55.1 Å². The van der Waals surface area contributed by atoms with Crippen molar-refractivity contribution in [3.05, 3.63) is 30.1 Å². The van der Waals surface area contributed by atoms with E-state index in [9.17, 15) is 15.0 Å². The number of halogens is 1. The highest BCUT2D eigenvalue weighted by atomic mass is 19.1. The molecule has 0 amide bonds. The van der Waals surface area contributed by atoms with Crippen molar-refractivity contribution < 1.29 is 19.4 Å². The predicted molar refractivity (Wildman–Crippen MR) is 142 cm³/mol. The number of aliphatic hydroxyl groups is 2. The number of hydrogen-bond acceptors (Lipinski definition) is 4. The summed E-state index contributed by atoms with van der Waals surface area (Å²) in [5, 5.41) is 21.1. The Hall–Kier alpha value is -1.79. The minimum absolute atomic E-state index is 0.00580. The third-order valence-corrected chi connectivity index (χ3v) is 11.4. The maximum absolute atomic E-state index is 16.6. The lowest BCUT2D eigenvalue weighted by atomic mass is 9.48. The summed E-state index contributed by atoms with van der Waals surface area (Å²) in [5.74, 6) is 1.06. The van der Waals surface area contributed by atoms with Crippen molar-refractivity contribution in [1.82, 2.24) is 9.55 Å². The van der Waals surface area contributed by atoms with Gasteiger partial charge < -0.3 is 14.8 Å². The second kappa shape index (κ2) is 8.35. The molecule has 1 heterocycles. The summed E-state index contributed by atoms with van der Waals surface area (Å²) in [6, 6.07) is 5.74. The fraction of sp³-hybridized carbons (Fsp3) is 0.742. The molecule has 202 valence electrons. The third kappa shape index (κ3) is 4.00. The van der Waals surface area contributed by atoms with Crippen LogP contribution in [0.4, 0.5) is 4.39 Å². The lowest BCUT2D eigenvalue weighted by molar-refractivity contribution is -0.165. The second-order valence-corrected chi connectivity index (χ2v) is 14.1. The van der Waals surface area contributed by atoms with Crippen LogP contribution in [0.1, 0.15) is 91.0 Å². The number of benzene rings is 1. The van der Waals surface area contributed by atoms with Crippen LogP contribution >= 0.6 is 0 Å². The monoisotopic (exact) mass is 510 g/mol. The van der Waals surface area contributed by atoms with E-state index in [1.165, 1.54) is 0 Å². The largest absolute Gasteiger partial charge is 0.390 e. The van der Waals surface area contributed by atoms with Gasteiger partial charge in [0, 0.05) is 5.92 Å². The summed E-state index contributed by atoms with van der Waals surface area (Å²) < 4.78 is 18.6. The van der Waals surface area contributed by atoms with Gasteiger partial charge in [-0.25, -0.2) is 9.37 Å². The van der Waals surface area contributed by atoms with Crippen LogP contribution in [0.2, 0.25) is 0 Å². The summed E-state index contributed by atoms with van der Waals surface area (Å²) in [7, 11) is 0. The van der Waals surface area contributed by atoms with Gasteiger partial charge in [-0.3, -0.25) is 4.79 Å². The molecule has 0 aliphatic heterocycles. The minimum Gasteiger partial charge on any atom is -0.390 e. The number of imidazole rings is 1. The van der Waals surface area contributed by atoms with Gasteiger partial charge in [-0.2, -0.15) is 0 Å². The molecule has 2 N–H and O–H groups in total. The van der Waals surface area contributed by atoms with Crippen LogP contribution in [-0.4, -0.2) is 36.8 Å². The third-order valence-electron chi connectivity index (χ3n) is 11.4. The Bertz CT molecular complexity index is 1210. The van der Waals surface area contributed by atoms with E-state index in [2.05, 4.69) is 11.9 Å². The van der Waals surface area contributed by atoms with Crippen LogP contribution in [-0.2, 0) is 16.9 Å². The SMILES string of the molecule is CC(C)(O)c1ccc2ncn(CC(=O)[C@H]3CCC4[C@@H]5CC[C@@H]6C[C@](C)(O)CC[C@]6(F)C5CC[C@@]43C)c2c1. The van der Waals surface area contributed by atoms with Crippen molar-refractivity contribution in [2.45, 2.75) is 109 Å². The average Bonchev–Trinajstić information content (AvgIpc) is 3.39. The Balaban J connectivity index is 1.22. The highest BCUT2D eigenvalue weighted by Crippen LogP contribution is 2.66. The Kier molecular flexibility index (Phi) is 5.75. The minimum atomic E-state index is -1.15. The number of ketones is 1. The summed E-state index contributed by atoms with van der Waals surface area (Å²) in [4.78, 5) is 18.3. The molecule has 6 rings (SSSR count). The fourth-order valence-electron chi connectivity index (χ4n) is 9.35. The molecule has 4 fully saturated rings. The standard InChI is InChI=1S/C31H43FN2O3/c1-28(2,36)19-6-10-25-26(15-19)34(18-33-25)17-27(35)24-9-8-22-21-7-5-20-16-29(3,37)13-14-31(20,32)23(21)11-12-30(22,24)4/h6,10,15,18,20-24,36-37H,5,7-9,11-14,16-17H2,1-4H3/t20-,21+,22?,23?,24-,29-,30+,31-/m1/s1. The van der Waals surface area contributed by atoms with Gasteiger partial charge in [-0.15, -0.1) is 0 Å². The van der Waals surface area contributed by atoms with Gasteiger partial charge in [0.2, 0.25) is 0 Å². The molecule has 0 spiro atoms. The Morgan fingerprint density at radius 1 is 1.11 bits per heavy atom. The summed E-state index contributed by atoms with van der Waals surface area (Å²) in [6.45, 7) is 8.00. The zero-order chi connectivity index (χ0) is 26.4. The van der Waals surface area contributed by atoms with Gasteiger partial charge in [-0.1, -0.05) is 13.0 Å². The molecule has 8 atom stereocenters. The molecule has 1 aromatic carbocycles. The zero-order valence-electron chi connectivity index (χ0n) is 22.8. The maximum atomic E-state index is 16.6. The van der Waals surface area contributed by atoms with Gasteiger partial charge in [0.25, 0.3) is 0 Å². The number of carbonyl (C=O) groups is 1. The van der Waals surface area contributed by atoms with Gasteiger partial charge in [0.15, 0.2) is 5.78 Å². The van der Waals surface area contributed by atoms with Crippen LogP contribution < -0.4 is 0 Å². The van der Waals surface area contributed by atoms with Gasteiger partial charge in [0.05, 0.1) is 35.1 Å². The number of carbonyl (C=O) groups excluding carboxylic acids is 1. The van der Waals surface area contributed by atoms with E-state index >= 15 is 4.39 Å². The number of rotatable bonds is 4. The molecule has 4 aliphatic rings. The molecule has 6 heteroatoms. The predicted octanol–water partition coefficient (Wildman–Crippen LogP) is 5.94. The van der Waals surface area contributed by atoms with Gasteiger partial charge in [-0.05, 0) is 125 Å². The Labute approximate surface area is 219 Å². The van der Waals surface area contributed by atoms with Crippen LogP contribution in [0.25, 0.3) is 11.0 Å². The zero-order valence-corrected chi connectivity index (χ0v) is 22.8. The first-order valence-corrected chi connectivity index (χ1v) is 14.4. The van der Waals surface area contributed by atoms with Gasteiger partial charge in [0.1, 0.15) is 5.67 Å². The lowest BCUT2D eigenvalue weighted by Crippen LogP contribution is -2.58. The van der Waals surface area contributed by atoms with Crippen LogP contribution in [0.15, 0.2) is 24.5 Å². The molecule has 2 unspecified atom stereocenters. The van der Waals surface area contributed by atoms with E-state index in [-0.39, 0.29) is 35.5 Å². The molecule has 2 aromatic rings. The average molecular weight is 511 g/mol. The van der Waals surface area contributed by atoms with Crippen molar-refractivity contribution in [2.24, 2.45) is 35.0 Å². The van der Waals surface area contributed by atoms with Crippen LogP contribution in [0.3, 0.4) is 0 Å².